The molecule has 3 fully saturated rings. The van der Waals surface area contributed by atoms with Crippen molar-refractivity contribution >= 4 is 0 Å². The standard InChI is InChI=1S/C18H30.C2H6.CH4/c1-2-7-14-12-13-17(15-8-3-4-9-15)18-11-6-5-10-16(14)18;1-2;/h2,7,14-18H,3-6,8-13H2,1H3;1-2H3;1H4/b7-2-;;. The molecular formula is C21H40. The molecule has 0 N–H and O–H groups in total. The highest BCUT2D eigenvalue weighted by Crippen LogP contribution is 2.52. The van der Waals surface area contributed by atoms with Gasteiger partial charge in [-0.05, 0) is 62.2 Å². The lowest BCUT2D eigenvalue weighted by atomic mass is 9.58. The van der Waals surface area contributed by atoms with Gasteiger partial charge in [-0.15, -0.1) is 0 Å². The Morgan fingerprint density at radius 2 is 1.24 bits per heavy atom. The summed E-state index contributed by atoms with van der Waals surface area (Å²) in [6.45, 7) is 6.21. The number of rotatable bonds is 2. The van der Waals surface area contributed by atoms with Crippen molar-refractivity contribution in [2.24, 2.45) is 29.6 Å². The molecule has 0 aromatic carbocycles. The molecule has 0 heterocycles. The van der Waals surface area contributed by atoms with Crippen LogP contribution in [0.5, 0.6) is 0 Å². The molecule has 4 unspecified atom stereocenters. The van der Waals surface area contributed by atoms with Gasteiger partial charge >= 0.3 is 0 Å². The van der Waals surface area contributed by atoms with E-state index in [-0.39, 0.29) is 7.43 Å². The van der Waals surface area contributed by atoms with E-state index >= 15 is 0 Å². The largest absolute Gasteiger partial charge is 0.0914 e. The first kappa shape index (κ1) is 18.8. The zero-order valence-corrected chi connectivity index (χ0v) is 14.1. The summed E-state index contributed by atoms with van der Waals surface area (Å²) < 4.78 is 0. The van der Waals surface area contributed by atoms with Crippen LogP contribution in [0, 0.1) is 29.6 Å². The minimum atomic E-state index is 0. The van der Waals surface area contributed by atoms with Crippen LogP contribution in [0.1, 0.15) is 92.4 Å². The molecule has 21 heavy (non-hydrogen) atoms. The van der Waals surface area contributed by atoms with Crippen molar-refractivity contribution < 1.29 is 0 Å². The lowest BCUT2D eigenvalue weighted by molar-refractivity contribution is 0.0384. The average Bonchev–Trinajstić information content (AvgIpc) is 3.04. The maximum Gasteiger partial charge on any atom is -0.0202 e. The van der Waals surface area contributed by atoms with Crippen LogP contribution in [0.3, 0.4) is 0 Å². The molecule has 0 heteroatoms. The molecule has 3 rings (SSSR count). The van der Waals surface area contributed by atoms with Crippen molar-refractivity contribution in [1.82, 2.24) is 0 Å². The van der Waals surface area contributed by atoms with Crippen LogP contribution in [-0.2, 0) is 0 Å². The quantitative estimate of drug-likeness (QED) is 0.470. The van der Waals surface area contributed by atoms with Gasteiger partial charge in [-0.2, -0.15) is 0 Å². The van der Waals surface area contributed by atoms with Crippen LogP contribution in [0.25, 0.3) is 0 Å². The molecule has 0 saturated heterocycles. The summed E-state index contributed by atoms with van der Waals surface area (Å²) >= 11 is 0. The summed E-state index contributed by atoms with van der Waals surface area (Å²) in [5, 5.41) is 0. The fraction of sp³-hybridized carbons (Fsp3) is 0.905. The predicted molar refractivity (Wildman–Crippen MR) is 96.5 cm³/mol. The molecule has 4 atom stereocenters. The molecule has 0 bridgehead atoms. The zero-order valence-electron chi connectivity index (χ0n) is 14.1. The van der Waals surface area contributed by atoms with Crippen molar-refractivity contribution in [2.45, 2.75) is 92.4 Å². The third-order valence-corrected chi connectivity index (χ3v) is 6.25. The molecule has 3 aliphatic carbocycles. The van der Waals surface area contributed by atoms with Crippen molar-refractivity contribution in [3.63, 3.8) is 0 Å². The minimum Gasteiger partial charge on any atom is -0.0914 e. The van der Waals surface area contributed by atoms with E-state index < -0.39 is 0 Å². The van der Waals surface area contributed by atoms with Crippen LogP contribution in [0.4, 0.5) is 0 Å². The Morgan fingerprint density at radius 1 is 0.667 bits per heavy atom. The molecule has 0 amide bonds. The normalized spacial score (nSPS) is 36.5. The average molecular weight is 293 g/mol. The van der Waals surface area contributed by atoms with Crippen LogP contribution >= 0.6 is 0 Å². The number of hydrogen-bond acceptors (Lipinski definition) is 0. The summed E-state index contributed by atoms with van der Waals surface area (Å²) in [6.07, 6.45) is 20.2. The lowest BCUT2D eigenvalue weighted by Gasteiger charge is -2.47. The Kier molecular flexibility index (Phi) is 8.67. The number of hydrogen-bond donors (Lipinski definition) is 0. The molecule has 0 aromatic rings. The van der Waals surface area contributed by atoms with E-state index in [1.165, 1.54) is 38.5 Å². The molecule has 0 aromatic heterocycles. The Balaban J connectivity index is 0.000000706. The van der Waals surface area contributed by atoms with Crippen LogP contribution < -0.4 is 0 Å². The molecule has 0 radical (unpaired) electrons. The highest BCUT2D eigenvalue weighted by molar-refractivity contribution is 4.99. The molecule has 0 aliphatic heterocycles. The Labute approximate surface area is 134 Å². The topological polar surface area (TPSA) is 0 Å². The summed E-state index contributed by atoms with van der Waals surface area (Å²) in [5.41, 5.74) is 0. The molecule has 0 spiro atoms. The lowest BCUT2D eigenvalue weighted by Crippen LogP contribution is -2.39. The second kappa shape index (κ2) is 9.70. The van der Waals surface area contributed by atoms with Crippen LogP contribution in [0.15, 0.2) is 12.2 Å². The minimum absolute atomic E-state index is 0. The highest BCUT2D eigenvalue weighted by atomic mass is 14.5. The molecule has 3 saturated carbocycles. The first-order chi connectivity index (χ1) is 9.90. The van der Waals surface area contributed by atoms with Gasteiger partial charge < -0.3 is 0 Å². The molecule has 0 nitrogen and oxygen atoms in total. The van der Waals surface area contributed by atoms with Gasteiger partial charge in [0.2, 0.25) is 0 Å². The monoisotopic (exact) mass is 292 g/mol. The molecule has 124 valence electrons. The smallest absolute Gasteiger partial charge is 0.0202 e. The van der Waals surface area contributed by atoms with Crippen LogP contribution in [-0.4, -0.2) is 0 Å². The third kappa shape index (κ3) is 4.36. The van der Waals surface area contributed by atoms with Crippen molar-refractivity contribution in [1.29, 1.82) is 0 Å². The van der Waals surface area contributed by atoms with E-state index in [0.717, 1.165) is 29.6 Å². The van der Waals surface area contributed by atoms with E-state index in [1.807, 2.05) is 13.8 Å². The van der Waals surface area contributed by atoms with E-state index in [4.69, 9.17) is 0 Å². The van der Waals surface area contributed by atoms with E-state index in [2.05, 4.69) is 19.1 Å². The zero-order chi connectivity index (χ0) is 14.4. The van der Waals surface area contributed by atoms with Gasteiger partial charge in [0, 0.05) is 0 Å². The summed E-state index contributed by atoms with van der Waals surface area (Å²) in [7, 11) is 0. The van der Waals surface area contributed by atoms with Gasteiger partial charge in [0.25, 0.3) is 0 Å². The third-order valence-electron chi connectivity index (χ3n) is 6.25. The van der Waals surface area contributed by atoms with Gasteiger partial charge in [0.1, 0.15) is 0 Å². The van der Waals surface area contributed by atoms with Crippen molar-refractivity contribution in [3.8, 4) is 0 Å². The maximum absolute atomic E-state index is 2.54. The molecule has 3 aliphatic rings. The fourth-order valence-corrected chi connectivity index (χ4v) is 5.52. The fourth-order valence-electron chi connectivity index (χ4n) is 5.52. The first-order valence-corrected chi connectivity index (χ1v) is 9.53. The Bertz CT molecular complexity index is 284. The SMILES string of the molecule is C.C/C=C\C1CCC(C2CCCC2)C2CCCCC12.CC. The second-order valence-electron chi connectivity index (χ2n) is 7.09. The Morgan fingerprint density at radius 3 is 1.86 bits per heavy atom. The summed E-state index contributed by atoms with van der Waals surface area (Å²) in [5.74, 6) is 5.30. The van der Waals surface area contributed by atoms with Crippen molar-refractivity contribution in [3.05, 3.63) is 12.2 Å². The summed E-state index contributed by atoms with van der Waals surface area (Å²) in [6, 6.07) is 0. The number of fused-ring (bicyclic) bond motifs is 1. The van der Waals surface area contributed by atoms with Gasteiger partial charge in [-0.3, -0.25) is 0 Å². The van der Waals surface area contributed by atoms with E-state index in [1.54, 1.807) is 25.7 Å². The second-order valence-corrected chi connectivity index (χ2v) is 7.09. The van der Waals surface area contributed by atoms with Gasteiger partial charge in [-0.1, -0.05) is 72.0 Å². The van der Waals surface area contributed by atoms with Gasteiger partial charge in [-0.25, -0.2) is 0 Å². The van der Waals surface area contributed by atoms with Crippen molar-refractivity contribution in [2.75, 3.05) is 0 Å². The van der Waals surface area contributed by atoms with E-state index in [0.29, 0.717) is 0 Å². The van der Waals surface area contributed by atoms with Crippen LogP contribution in [0.2, 0.25) is 0 Å². The van der Waals surface area contributed by atoms with Gasteiger partial charge in [0.05, 0.1) is 0 Å². The van der Waals surface area contributed by atoms with E-state index in [9.17, 15) is 0 Å². The molecular weight excluding hydrogens is 252 g/mol. The predicted octanol–water partition coefficient (Wildman–Crippen LogP) is 7.25. The Hall–Kier alpha value is -0.260. The maximum atomic E-state index is 2.54. The first-order valence-electron chi connectivity index (χ1n) is 9.53. The van der Waals surface area contributed by atoms with Gasteiger partial charge in [0.15, 0.2) is 0 Å². The number of allylic oxidation sites excluding steroid dienone is 2. The summed E-state index contributed by atoms with van der Waals surface area (Å²) in [4.78, 5) is 0. The highest BCUT2D eigenvalue weighted by Gasteiger charge is 2.42.